The lowest BCUT2D eigenvalue weighted by Crippen LogP contribution is -2.06. The van der Waals surface area contributed by atoms with Gasteiger partial charge in [-0.2, -0.15) is 0 Å². The van der Waals surface area contributed by atoms with Crippen LogP contribution in [0.25, 0.3) is 11.0 Å². The largest absolute Gasteiger partial charge is 0.381 e. The molecule has 0 spiro atoms. The maximum atomic E-state index is 13.6. The second kappa shape index (κ2) is 5.02. The molecule has 1 N–H and O–H groups in total. The summed E-state index contributed by atoms with van der Waals surface area (Å²) in [5.41, 5.74) is 0.760. The molecule has 1 saturated heterocycles. The summed E-state index contributed by atoms with van der Waals surface area (Å²) in [5, 5.41) is 0. The van der Waals surface area contributed by atoms with Crippen molar-refractivity contribution < 1.29 is 13.5 Å². The van der Waals surface area contributed by atoms with Crippen molar-refractivity contribution in [3.8, 4) is 0 Å². The van der Waals surface area contributed by atoms with Crippen LogP contribution in [-0.2, 0) is 11.3 Å². The third-order valence-corrected chi connectivity index (χ3v) is 3.91. The van der Waals surface area contributed by atoms with E-state index in [4.69, 9.17) is 17.0 Å². The number of aryl methyl sites for hydroxylation is 1. The van der Waals surface area contributed by atoms with Gasteiger partial charge >= 0.3 is 0 Å². The van der Waals surface area contributed by atoms with Gasteiger partial charge in [-0.15, -0.1) is 0 Å². The van der Waals surface area contributed by atoms with Crippen molar-refractivity contribution in [2.45, 2.75) is 19.4 Å². The number of ether oxygens (including phenoxy) is 1. The number of nitrogens with one attached hydrogen (secondary N) is 1. The molecule has 1 unspecified atom stereocenters. The summed E-state index contributed by atoms with van der Waals surface area (Å²) < 4.78 is 34.4. The van der Waals surface area contributed by atoms with Crippen LogP contribution in [0.2, 0.25) is 0 Å². The van der Waals surface area contributed by atoms with Gasteiger partial charge in [-0.25, -0.2) is 8.78 Å². The van der Waals surface area contributed by atoms with Gasteiger partial charge < -0.3 is 14.3 Å². The minimum absolute atomic E-state index is 0.272. The van der Waals surface area contributed by atoms with Crippen molar-refractivity contribution in [2.75, 3.05) is 13.2 Å². The van der Waals surface area contributed by atoms with Crippen molar-refractivity contribution in [3.63, 3.8) is 0 Å². The molecule has 2 heterocycles. The first-order valence-corrected chi connectivity index (χ1v) is 6.71. The van der Waals surface area contributed by atoms with Crippen LogP contribution in [-0.4, -0.2) is 22.8 Å². The predicted octanol–water partition coefficient (Wildman–Crippen LogP) is 3.40. The molecule has 0 bridgehead atoms. The molecule has 0 amide bonds. The SMILES string of the molecule is Fc1cc(F)c2[nH]c(=S)n(CCC3CCOC3)c2c1. The van der Waals surface area contributed by atoms with Crippen molar-refractivity contribution in [1.82, 2.24) is 9.55 Å². The van der Waals surface area contributed by atoms with E-state index in [1.165, 1.54) is 6.07 Å². The minimum Gasteiger partial charge on any atom is -0.381 e. The Labute approximate surface area is 114 Å². The van der Waals surface area contributed by atoms with Crippen LogP contribution >= 0.6 is 12.2 Å². The van der Waals surface area contributed by atoms with Crippen LogP contribution in [0.3, 0.4) is 0 Å². The third-order valence-electron chi connectivity index (χ3n) is 3.59. The molecule has 102 valence electrons. The summed E-state index contributed by atoms with van der Waals surface area (Å²) in [7, 11) is 0. The van der Waals surface area contributed by atoms with Crippen LogP contribution in [0, 0.1) is 22.3 Å². The van der Waals surface area contributed by atoms with Gasteiger partial charge in [0.25, 0.3) is 0 Å². The summed E-state index contributed by atoms with van der Waals surface area (Å²) >= 11 is 5.18. The standard InChI is InChI=1S/C13H14F2N2OS/c14-9-5-10(15)12-11(6-9)17(13(19)16-12)3-1-8-2-4-18-7-8/h5-6,8H,1-4,7H2,(H,16,19). The number of benzene rings is 1. The molecule has 1 aromatic heterocycles. The number of halogens is 2. The molecule has 1 fully saturated rings. The zero-order valence-electron chi connectivity index (χ0n) is 10.3. The molecule has 1 aliphatic heterocycles. The third kappa shape index (κ3) is 2.42. The zero-order chi connectivity index (χ0) is 13.4. The minimum atomic E-state index is -0.607. The summed E-state index contributed by atoms with van der Waals surface area (Å²) in [6, 6.07) is 2.18. The molecule has 2 aromatic rings. The van der Waals surface area contributed by atoms with Crippen molar-refractivity contribution in [2.24, 2.45) is 5.92 Å². The number of rotatable bonds is 3. The van der Waals surface area contributed by atoms with E-state index in [0.717, 1.165) is 32.1 Å². The Morgan fingerprint density at radius 3 is 3.00 bits per heavy atom. The van der Waals surface area contributed by atoms with E-state index in [1.54, 1.807) is 4.57 Å². The Hall–Kier alpha value is -1.27. The monoisotopic (exact) mass is 284 g/mol. The second-order valence-electron chi connectivity index (χ2n) is 4.88. The predicted molar refractivity (Wildman–Crippen MR) is 70.6 cm³/mol. The molecule has 0 saturated carbocycles. The van der Waals surface area contributed by atoms with E-state index in [2.05, 4.69) is 4.98 Å². The van der Waals surface area contributed by atoms with E-state index in [9.17, 15) is 8.78 Å². The van der Waals surface area contributed by atoms with Crippen molar-refractivity contribution >= 4 is 23.3 Å². The molecule has 1 atom stereocenters. The van der Waals surface area contributed by atoms with Gasteiger partial charge in [-0.05, 0) is 37.0 Å². The van der Waals surface area contributed by atoms with Gasteiger partial charge in [0, 0.05) is 25.8 Å². The lowest BCUT2D eigenvalue weighted by Gasteiger charge is -2.09. The van der Waals surface area contributed by atoms with Crippen LogP contribution in [0.1, 0.15) is 12.8 Å². The average molecular weight is 284 g/mol. The van der Waals surface area contributed by atoms with Crippen LogP contribution in [0.4, 0.5) is 8.78 Å². The Kier molecular flexibility index (Phi) is 3.36. The average Bonchev–Trinajstić information content (AvgIpc) is 2.95. The fraction of sp³-hybridized carbons (Fsp3) is 0.462. The zero-order valence-corrected chi connectivity index (χ0v) is 11.1. The highest BCUT2D eigenvalue weighted by atomic mass is 32.1. The summed E-state index contributed by atoms with van der Waals surface area (Å²) in [5.74, 6) is -0.689. The molecule has 3 nitrogen and oxygen atoms in total. The summed E-state index contributed by atoms with van der Waals surface area (Å²) in [6.45, 7) is 2.21. The maximum Gasteiger partial charge on any atom is 0.178 e. The topological polar surface area (TPSA) is 29.9 Å². The van der Waals surface area contributed by atoms with Gasteiger partial charge in [0.2, 0.25) is 0 Å². The number of hydrogen-bond donors (Lipinski definition) is 1. The van der Waals surface area contributed by atoms with E-state index >= 15 is 0 Å². The van der Waals surface area contributed by atoms with Gasteiger partial charge in [0.1, 0.15) is 11.3 Å². The first kappa shape index (κ1) is 12.7. The number of nitrogens with zero attached hydrogens (tertiary/aromatic N) is 1. The smallest absolute Gasteiger partial charge is 0.178 e. The molecule has 1 aliphatic rings. The molecule has 3 rings (SSSR count). The molecule has 0 aliphatic carbocycles. The number of aromatic amines is 1. The highest BCUT2D eigenvalue weighted by Crippen LogP contribution is 2.22. The van der Waals surface area contributed by atoms with Crippen molar-refractivity contribution in [3.05, 3.63) is 28.5 Å². The van der Waals surface area contributed by atoms with Gasteiger partial charge in [0.15, 0.2) is 10.6 Å². The number of hydrogen-bond acceptors (Lipinski definition) is 2. The number of fused-ring (bicyclic) bond motifs is 1. The fourth-order valence-corrected chi connectivity index (χ4v) is 2.82. The van der Waals surface area contributed by atoms with E-state index in [0.29, 0.717) is 22.8 Å². The van der Waals surface area contributed by atoms with Gasteiger partial charge in [-0.1, -0.05) is 0 Å². The molecule has 19 heavy (non-hydrogen) atoms. The van der Waals surface area contributed by atoms with E-state index in [-0.39, 0.29) is 5.52 Å². The lowest BCUT2D eigenvalue weighted by molar-refractivity contribution is 0.183. The second-order valence-corrected chi connectivity index (χ2v) is 5.27. The van der Waals surface area contributed by atoms with Crippen LogP contribution in [0.5, 0.6) is 0 Å². The van der Waals surface area contributed by atoms with Crippen LogP contribution in [0.15, 0.2) is 12.1 Å². The molecule has 1 aromatic carbocycles. The Bertz CT molecular complexity index is 658. The van der Waals surface area contributed by atoms with E-state index < -0.39 is 11.6 Å². The molecular weight excluding hydrogens is 270 g/mol. The molecule has 6 heteroatoms. The number of aromatic nitrogens is 2. The Balaban J connectivity index is 1.93. The van der Waals surface area contributed by atoms with Gasteiger partial charge in [-0.3, -0.25) is 0 Å². The summed E-state index contributed by atoms with van der Waals surface area (Å²) in [4.78, 5) is 2.80. The highest BCUT2D eigenvalue weighted by Gasteiger charge is 2.17. The summed E-state index contributed by atoms with van der Waals surface area (Å²) in [6.07, 6.45) is 1.94. The Morgan fingerprint density at radius 1 is 1.42 bits per heavy atom. The van der Waals surface area contributed by atoms with E-state index in [1.807, 2.05) is 0 Å². The quantitative estimate of drug-likeness (QED) is 0.875. The first-order chi connectivity index (χ1) is 9.15. The fourth-order valence-electron chi connectivity index (χ4n) is 2.53. The number of H-pyrrole nitrogens is 1. The maximum absolute atomic E-state index is 13.6. The van der Waals surface area contributed by atoms with Gasteiger partial charge in [0.05, 0.1) is 5.52 Å². The lowest BCUT2D eigenvalue weighted by atomic mass is 10.1. The molecular formula is C13H14F2N2OS. The highest BCUT2D eigenvalue weighted by molar-refractivity contribution is 7.71. The molecule has 0 radical (unpaired) electrons. The van der Waals surface area contributed by atoms with Crippen LogP contribution < -0.4 is 0 Å². The van der Waals surface area contributed by atoms with Crippen molar-refractivity contribution in [1.29, 1.82) is 0 Å². The Morgan fingerprint density at radius 2 is 2.26 bits per heavy atom. The normalized spacial score (nSPS) is 19.4. The first-order valence-electron chi connectivity index (χ1n) is 6.30. The number of imidazole rings is 1.